The molecular weight excluding hydrogens is 292 g/mol. The number of carbonyl (C=O) groups is 1. The zero-order valence-corrected chi connectivity index (χ0v) is 13.8. The van der Waals surface area contributed by atoms with Crippen molar-refractivity contribution in [2.45, 2.75) is 37.8 Å². The lowest BCUT2D eigenvalue weighted by Gasteiger charge is -2.43. The summed E-state index contributed by atoms with van der Waals surface area (Å²) < 4.78 is 6.23. The molecule has 23 heavy (non-hydrogen) atoms. The number of rotatable bonds is 4. The van der Waals surface area contributed by atoms with E-state index in [0.29, 0.717) is 11.6 Å². The van der Waals surface area contributed by atoms with Gasteiger partial charge in [-0.15, -0.1) is 0 Å². The highest BCUT2D eigenvalue weighted by molar-refractivity contribution is 5.87. The molecule has 5 nitrogen and oxygen atoms in total. The van der Waals surface area contributed by atoms with Crippen LogP contribution >= 0.6 is 0 Å². The summed E-state index contributed by atoms with van der Waals surface area (Å²) in [4.78, 5) is 15.9. The van der Waals surface area contributed by atoms with Gasteiger partial charge < -0.3 is 14.7 Å². The van der Waals surface area contributed by atoms with Crippen LogP contribution in [0.4, 0.5) is 0 Å². The fourth-order valence-corrected chi connectivity index (χ4v) is 3.64. The molecule has 0 radical (unpaired) electrons. The highest BCUT2D eigenvalue weighted by Gasteiger charge is 2.33. The SMILES string of the molecule is CN1CCN(C2CCCCC2Oc2ccc(C(=O)O)cc2)CC1. The van der Waals surface area contributed by atoms with Crippen molar-refractivity contribution in [3.05, 3.63) is 29.8 Å². The maximum absolute atomic E-state index is 10.9. The first-order valence-electron chi connectivity index (χ1n) is 8.56. The summed E-state index contributed by atoms with van der Waals surface area (Å²) in [5.74, 6) is -0.120. The Labute approximate surface area is 137 Å². The second kappa shape index (κ2) is 7.32. The highest BCUT2D eigenvalue weighted by atomic mass is 16.5. The fourth-order valence-electron chi connectivity index (χ4n) is 3.64. The molecule has 126 valence electrons. The number of hydrogen-bond donors (Lipinski definition) is 1. The first-order chi connectivity index (χ1) is 11.1. The average Bonchev–Trinajstić information content (AvgIpc) is 2.57. The predicted octanol–water partition coefficient (Wildman–Crippen LogP) is 2.32. The van der Waals surface area contributed by atoms with Gasteiger partial charge in [-0.1, -0.05) is 6.42 Å². The van der Waals surface area contributed by atoms with Crippen LogP contribution in [0.5, 0.6) is 5.75 Å². The molecule has 0 spiro atoms. The number of piperazine rings is 1. The number of hydrogen-bond acceptors (Lipinski definition) is 4. The largest absolute Gasteiger partial charge is 0.489 e. The van der Waals surface area contributed by atoms with E-state index < -0.39 is 5.97 Å². The molecule has 1 aromatic rings. The monoisotopic (exact) mass is 318 g/mol. The Morgan fingerprint density at radius 3 is 2.39 bits per heavy atom. The smallest absolute Gasteiger partial charge is 0.335 e. The van der Waals surface area contributed by atoms with Crippen LogP contribution in [0, 0.1) is 0 Å². The van der Waals surface area contributed by atoms with E-state index in [-0.39, 0.29) is 6.10 Å². The van der Waals surface area contributed by atoms with Crippen LogP contribution < -0.4 is 4.74 Å². The van der Waals surface area contributed by atoms with Crippen LogP contribution in [0.1, 0.15) is 36.0 Å². The second-order valence-corrected chi connectivity index (χ2v) is 6.68. The Hall–Kier alpha value is -1.59. The van der Waals surface area contributed by atoms with Crippen molar-refractivity contribution >= 4 is 5.97 Å². The standard InChI is InChI=1S/C18H26N2O3/c1-19-10-12-20(13-11-19)16-4-2-3-5-17(16)23-15-8-6-14(7-9-15)18(21)22/h6-9,16-17H,2-5,10-13H2,1H3,(H,21,22). The van der Waals surface area contributed by atoms with E-state index in [0.717, 1.165) is 38.3 Å². The average molecular weight is 318 g/mol. The first-order valence-corrected chi connectivity index (χ1v) is 8.56. The summed E-state index contributed by atoms with van der Waals surface area (Å²) in [6.07, 6.45) is 4.97. The lowest BCUT2D eigenvalue weighted by Crippen LogP contribution is -2.54. The van der Waals surface area contributed by atoms with Gasteiger partial charge in [0.25, 0.3) is 0 Å². The minimum absolute atomic E-state index is 0.211. The normalized spacial score (nSPS) is 26.8. The topological polar surface area (TPSA) is 53.0 Å². The molecule has 1 saturated carbocycles. The molecule has 2 unspecified atom stereocenters. The summed E-state index contributed by atoms with van der Waals surface area (Å²) in [5, 5.41) is 8.98. The minimum Gasteiger partial charge on any atom is -0.489 e. The van der Waals surface area contributed by atoms with Crippen LogP contribution in [0.15, 0.2) is 24.3 Å². The molecular formula is C18H26N2O3. The van der Waals surface area contributed by atoms with Gasteiger partial charge in [-0.05, 0) is 50.6 Å². The summed E-state index contributed by atoms with van der Waals surface area (Å²) in [6.45, 7) is 4.46. The van der Waals surface area contributed by atoms with Crippen LogP contribution in [0.2, 0.25) is 0 Å². The van der Waals surface area contributed by atoms with Crippen LogP contribution in [0.3, 0.4) is 0 Å². The van der Waals surface area contributed by atoms with E-state index in [1.165, 1.54) is 19.3 Å². The van der Waals surface area contributed by atoms with Crippen molar-refractivity contribution in [1.82, 2.24) is 9.80 Å². The van der Waals surface area contributed by atoms with E-state index in [4.69, 9.17) is 9.84 Å². The molecule has 1 aliphatic heterocycles. The van der Waals surface area contributed by atoms with Gasteiger partial charge in [0, 0.05) is 32.2 Å². The summed E-state index contributed by atoms with van der Waals surface area (Å²) in [5.41, 5.74) is 0.302. The van der Waals surface area contributed by atoms with Gasteiger partial charge in [-0.3, -0.25) is 4.90 Å². The maximum atomic E-state index is 10.9. The van der Waals surface area contributed by atoms with E-state index in [1.54, 1.807) is 24.3 Å². The van der Waals surface area contributed by atoms with Crippen LogP contribution in [-0.4, -0.2) is 66.2 Å². The highest BCUT2D eigenvalue weighted by Crippen LogP contribution is 2.28. The summed E-state index contributed by atoms with van der Waals surface area (Å²) in [7, 11) is 2.18. The molecule has 2 fully saturated rings. The number of carboxylic acids is 1. The van der Waals surface area contributed by atoms with Crippen molar-refractivity contribution in [2.75, 3.05) is 33.2 Å². The number of aromatic carboxylic acids is 1. The van der Waals surface area contributed by atoms with Crippen molar-refractivity contribution < 1.29 is 14.6 Å². The zero-order valence-electron chi connectivity index (χ0n) is 13.8. The number of likely N-dealkylation sites (N-methyl/N-ethyl adjacent to an activating group) is 1. The fraction of sp³-hybridized carbons (Fsp3) is 0.611. The molecule has 1 aromatic carbocycles. The van der Waals surface area contributed by atoms with Crippen molar-refractivity contribution in [1.29, 1.82) is 0 Å². The summed E-state index contributed by atoms with van der Waals surface area (Å²) >= 11 is 0. The molecule has 1 N–H and O–H groups in total. The van der Waals surface area contributed by atoms with Gasteiger partial charge in [0.15, 0.2) is 0 Å². The Bertz CT molecular complexity index is 524. The van der Waals surface area contributed by atoms with E-state index in [9.17, 15) is 4.79 Å². The predicted molar refractivity (Wildman–Crippen MR) is 89.1 cm³/mol. The molecule has 5 heteroatoms. The van der Waals surface area contributed by atoms with Gasteiger partial charge in [-0.2, -0.15) is 0 Å². The molecule has 2 aliphatic rings. The number of ether oxygens (including phenoxy) is 1. The molecule has 1 saturated heterocycles. The number of nitrogens with zero attached hydrogens (tertiary/aromatic N) is 2. The van der Waals surface area contributed by atoms with Gasteiger partial charge in [0.2, 0.25) is 0 Å². The quantitative estimate of drug-likeness (QED) is 0.923. The number of carboxylic acid groups (broad SMARTS) is 1. The van der Waals surface area contributed by atoms with Crippen LogP contribution in [-0.2, 0) is 0 Å². The van der Waals surface area contributed by atoms with E-state index in [2.05, 4.69) is 16.8 Å². The third-order valence-electron chi connectivity index (χ3n) is 5.06. The maximum Gasteiger partial charge on any atom is 0.335 e. The third kappa shape index (κ3) is 4.03. The molecule has 0 aromatic heterocycles. The van der Waals surface area contributed by atoms with Gasteiger partial charge in [0.05, 0.1) is 5.56 Å². The van der Waals surface area contributed by atoms with Gasteiger partial charge in [0.1, 0.15) is 11.9 Å². The third-order valence-corrected chi connectivity index (χ3v) is 5.06. The van der Waals surface area contributed by atoms with Gasteiger partial charge in [-0.25, -0.2) is 4.79 Å². The zero-order chi connectivity index (χ0) is 16.2. The minimum atomic E-state index is -0.899. The summed E-state index contributed by atoms with van der Waals surface area (Å²) in [6, 6.07) is 7.27. The Balaban J connectivity index is 1.65. The lowest BCUT2D eigenvalue weighted by atomic mass is 9.90. The van der Waals surface area contributed by atoms with E-state index in [1.807, 2.05) is 0 Å². The Morgan fingerprint density at radius 1 is 1.09 bits per heavy atom. The van der Waals surface area contributed by atoms with Crippen molar-refractivity contribution in [3.8, 4) is 5.75 Å². The van der Waals surface area contributed by atoms with Crippen LogP contribution in [0.25, 0.3) is 0 Å². The van der Waals surface area contributed by atoms with Crippen molar-refractivity contribution in [2.24, 2.45) is 0 Å². The molecule has 3 rings (SSSR count). The van der Waals surface area contributed by atoms with Crippen molar-refractivity contribution in [3.63, 3.8) is 0 Å². The number of benzene rings is 1. The molecule has 2 atom stereocenters. The molecule has 1 aliphatic carbocycles. The Kier molecular flexibility index (Phi) is 5.18. The second-order valence-electron chi connectivity index (χ2n) is 6.68. The molecule has 0 bridgehead atoms. The van der Waals surface area contributed by atoms with E-state index >= 15 is 0 Å². The molecule has 0 amide bonds. The van der Waals surface area contributed by atoms with Gasteiger partial charge >= 0.3 is 5.97 Å². The molecule has 1 heterocycles. The Morgan fingerprint density at radius 2 is 1.74 bits per heavy atom. The lowest BCUT2D eigenvalue weighted by molar-refractivity contribution is 0.0130. The first kappa shape index (κ1) is 16.3.